The number of carbonyl (C=O) groups excluding carboxylic acids is 1. The Hall–Kier alpha value is -2.44. The van der Waals surface area contributed by atoms with Crippen molar-refractivity contribution < 1.29 is 9.21 Å². The van der Waals surface area contributed by atoms with E-state index < -0.39 is 5.91 Å². The van der Waals surface area contributed by atoms with Gasteiger partial charge in [0.05, 0.1) is 0 Å². The lowest BCUT2D eigenvalue weighted by Gasteiger charge is -2.00. The van der Waals surface area contributed by atoms with Crippen LogP contribution in [0.4, 0.5) is 6.01 Å². The summed E-state index contributed by atoms with van der Waals surface area (Å²) in [5, 5.41) is 10.00. The van der Waals surface area contributed by atoms with Crippen LogP contribution in [0.3, 0.4) is 0 Å². The molecule has 3 rings (SSSR count). The topological polar surface area (TPSA) is 101 Å². The number of pyridine rings is 1. The Balaban J connectivity index is 1.78. The number of aryl methyl sites for hydroxylation is 1. The molecule has 0 radical (unpaired) electrons. The van der Waals surface area contributed by atoms with Gasteiger partial charge in [0.15, 0.2) is 5.43 Å². The Kier molecular flexibility index (Phi) is 2.66. The van der Waals surface area contributed by atoms with E-state index in [9.17, 15) is 9.59 Å². The molecule has 98 valence electrons. The molecule has 0 spiro atoms. The van der Waals surface area contributed by atoms with Crippen molar-refractivity contribution in [1.29, 1.82) is 0 Å². The van der Waals surface area contributed by atoms with Gasteiger partial charge in [-0.1, -0.05) is 5.10 Å². The summed E-state index contributed by atoms with van der Waals surface area (Å²) in [6, 6.07) is 1.38. The van der Waals surface area contributed by atoms with Crippen molar-refractivity contribution in [3.05, 3.63) is 39.6 Å². The fraction of sp³-hybridized carbons (Fsp3) is 0.333. The van der Waals surface area contributed by atoms with Gasteiger partial charge in [-0.15, -0.1) is 5.10 Å². The highest BCUT2D eigenvalue weighted by atomic mass is 16.4. The van der Waals surface area contributed by atoms with Gasteiger partial charge in [0.25, 0.3) is 5.91 Å². The van der Waals surface area contributed by atoms with E-state index in [0.29, 0.717) is 17.5 Å². The van der Waals surface area contributed by atoms with E-state index in [-0.39, 0.29) is 17.0 Å². The molecule has 0 aromatic carbocycles. The van der Waals surface area contributed by atoms with Crippen LogP contribution in [0.5, 0.6) is 0 Å². The fourth-order valence-electron chi connectivity index (χ4n) is 1.70. The van der Waals surface area contributed by atoms with Crippen LogP contribution in [0.15, 0.2) is 21.5 Å². The molecule has 7 heteroatoms. The van der Waals surface area contributed by atoms with E-state index in [1.54, 1.807) is 6.92 Å². The zero-order chi connectivity index (χ0) is 13.4. The van der Waals surface area contributed by atoms with E-state index in [4.69, 9.17) is 4.42 Å². The molecule has 1 aliphatic carbocycles. The van der Waals surface area contributed by atoms with Crippen LogP contribution >= 0.6 is 0 Å². The second-order valence-corrected chi connectivity index (χ2v) is 4.57. The normalized spacial score (nSPS) is 14.4. The lowest BCUT2D eigenvalue weighted by atomic mass is 10.2. The van der Waals surface area contributed by atoms with Gasteiger partial charge in [-0.2, -0.15) is 0 Å². The third kappa shape index (κ3) is 2.40. The monoisotopic (exact) mass is 260 g/mol. The quantitative estimate of drug-likeness (QED) is 0.863. The van der Waals surface area contributed by atoms with Crippen LogP contribution in [-0.4, -0.2) is 21.1 Å². The molecule has 0 unspecified atom stereocenters. The molecule has 1 amide bonds. The van der Waals surface area contributed by atoms with Crippen LogP contribution in [0.2, 0.25) is 0 Å². The smallest absolute Gasteiger partial charge is 0.322 e. The molecule has 0 atom stereocenters. The fourth-order valence-corrected chi connectivity index (χ4v) is 1.70. The lowest BCUT2D eigenvalue weighted by molar-refractivity contribution is 0.102. The maximum Gasteiger partial charge on any atom is 0.322 e. The van der Waals surface area contributed by atoms with Crippen molar-refractivity contribution in [2.45, 2.75) is 25.7 Å². The minimum Gasteiger partial charge on any atom is -0.408 e. The maximum absolute atomic E-state index is 11.9. The second kappa shape index (κ2) is 4.34. The molecule has 0 aliphatic heterocycles. The van der Waals surface area contributed by atoms with E-state index in [0.717, 1.165) is 12.8 Å². The number of nitrogens with zero attached hydrogens (tertiary/aromatic N) is 2. The number of hydrogen-bond donors (Lipinski definition) is 2. The van der Waals surface area contributed by atoms with Crippen molar-refractivity contribution in [2.24, 2.45) is 0 Å². The summed E-state index contributed by atoms with van der Waals surface area (Å²) in [7, 11) is 0. The van der Waals surface area contributed by atoms with Gasteiger partial charge in [-0.3, -0.25) is 14.9 Å². The molecule has 19 heavy (non-hydrogen) atoms. The van der Waals surface area contributed by atoms with Crippen molar-refractivity contribution >= 4 is 11.9 Å². The van der Waals surface area contributed by atoms with Crippen molar-refractivity contribution in [3.63, 3.8) is 0 Å². The number of aromatic nitrogens is 3. The van der Waals surface area contributed by atoms with Crippen LogP contribution in [-0.2, 0) is 0 Å². The summed E-state index contributed by atoms with van der Waals surface area (Å²) in [6.07, 6.45) is 3.44. The highest BCUT2D eigenvalue weighted by Gasteiger charge is 2.29. The zero-order valence-corrected chi connectivity index (χ0v) is 10.3. The van der Waals surface area contributed by atoms with Gasteiger partial charge in [0.2, 0.25) is 5.89 Å². The summed E-state index contributed by atoms with van der Waals surface area (Å²) in [6.45, 7) is 1.74. The Morgan fingerprint density at radius 3 is 2.95 bits per heavy atom. The number of carbonyl (C=O) groups is 1. The SMILES string of the molecule is Cc1cc(=O)c(C(=O)Nc2nnc(C3CC3)o2)c[nH]1. The van der Waals surface area contributed by atoms with Crippen molar-refractivity contribution in [1.82, 2.24) is 15.2 Å². The third-order valence-corrected chi connectivity index (χ3v) is 2.89. The highest BCUT2D eigenvalue weighted by molar-refractivity contribution is 6.02. The molecule has 2 aromatic rings. The van der Waals surface area contributed by atoms with E-state index in [1.807, 2.05) is 0 Å². The molecule has 0 saturated heterocycles. The molecule has 2 aromatic heterocycles. The molecule has 2 heterocycles. The van der Waals surface area contributed by atoms with Gasteiger partial charge >= 0.3 is 6.01 Å². The number of aromatic amines is 1. The number of hydrogen-bond acceptors (Lipinski definition) is 5. The van der Waals surface area contributed by atoms with Crippen LogP contribution in [0.1, 0.15) is 40.7 Å². The van der Waals surface area contributed by atoms with Crippen molar-refractivity contribution in [3.8, 4) is 0 Å². The highest BCUT2D eigenvalue weighted by Crippen LogP contribution is 2.39. The predicted molar refractivity (Wildman–Crippen MR) is 66.0 cm³/mol. The molecule has 1 aliphatic rings. The lowest BCUT2D eigenvalue weighted by Crippen LogP contribution is -2.21. The summed E-state index contributed by atoms with van der Waals surface area (Å²) >= 11 is 0. The predicted octanol–water partition coefficient (Wildman–Crippen LogP) is 1.20. The number of nitrogens with one attached hydrogen (secondary N) is 2. The number of anilines is 1. The summed E-state index contributed by atoms with van der Waals surface area (Å²) < 4.78 is 5.30. The molecular weight excluding hydrogens is 248 g/mol. The first-order valence-electron chi connectivity index (χ1n) is 5.97. The standard InChI is InChI=1S/C12H12N4O3/c1-6-4-9(17)8(5-13-6)10(18)14-12-16-15-11(19-12)7-2-3-7/h4-5,7H,2-3H2,1H3,(H,13,17)(H,14,16,18). The van der Waals surface area contributed by atoms with Gasteiger partial charge in [-0.05, 0) is 19.8 Å². The summed E-state index contributed by atoms with van der Waals surface area (Å²) in [5.41, 5.74) is 0.350. The van der Waals surface area contributed by atoms with Gasteiger partial charge in [-0.25, -0.2) is 0 Å². The molecule has 1 saturated carbocycles. The first-order valence-corrected chi connectivity index (χ1v) is 5.97. The minimum atomic E-state index is -0.563. The number of H-pyrrole nitrogens is 1. The van der Waals surface area contributed by atoms with Gasteiger partial charge < -0.3 is 9.40 Å². The zero-order valence-electron chi connectivity index (χ0n) is 10.3. The summed E-state index contributed by atoms with van der Waals surface area (Å²) in [4.78, 5) is 26.3. The second-order valence-electron chi connectivity index (χ2n) is 4.57. The van der Waals surface area contributed by atoms with E-state index in [1.165, 1.54) is 12.3 Å². The molecule has 2 N–H and O–H groups in total. The van der Waals surface area contributed by atoms with Crippen LogP contribution in [0.25, 0.3) is 0 Å². The molecule has 1 fully saturated rings. The minimum absolute atomic E-state index is 0.0109. The maximum atomic E-state index is 11.9. The Morgan fingerprint density at radius 1 is 1.47 bits per heavy atom. The first kappa shape index (κ1) is 11.6. The average molecular weight is 260 g/mol. The average Bonchev–Trinajstić information content (AvgIpc) is 3.10. The Bertz CT molecular complexity index is 684. The number of rotatable bonds is 3. The van der Waals surface area contributed by atoms with Gasteiger partial charge in [0, 0.05) is 23.9 Å². The van der Waals surface area contributed by atoms with E-state index in [2.05, 4.69) is 20.5 Å². The molecular formula is C12H12N4O3. The van der Waals surface area contributed by atoms with Crippen molar-refractivity contribution in [2.75, 3.05) is 5.32 Å². The van der Waals surface area contributed by atoms with Crippen LogP contribution in [0, 0.1) is 6.92 Å². The molecule has 0 bridgehead atoms. The largest absolute Gasteiger partial charge is 0.408 e. The Morgan fingerprint density at radius 2 is 2.26 bits per heavy atom. The van der Waals surface area contributed by atoms with Crippen LogP contribution < -0.4 is 10.7 Å². The van der Waals surface area contributed by atoms with Gasteiger partial charge in [0.1, 0.15) is 5.56 Å². The Labute approximate surface area is 108 Å². The molecule has 7 nitrogen and oxygen atoms in total. The third-order valence-electron chi connectivity index (χ3n) is 2.89. The van der Waals surface area contributed by atoms with E-state index >= 15 is 0 Å². The summed E-state index contributed by atoms with van der Waals surface area (Å²) in [5.74, 6) is 0.293. The number of amides is 1. The first-order chi connectivity index (χ1) is 9.13.